The van der Waals surface area contributed by atoms with Crippen LogP contribution in [0.2, 0.25) is 0 Å². The van der Waals surface area contributed by atoms with Gasteiger partial charge < -0.3 is 4.57 Å². The zero-order valence-corrected chi connectivity index (χ0v) is 9.60. The van der Waals surface area contributed by atoms with E-state index in [4.69, 9.17) is 0 Å². The number of pyridine rings is 1. The van der Waals surface area contributed by atoms with Crippen molar-refractivity contribution in [1.29, 1.82) is 0 Å². The van der Waals surface area contributed by atoms with E-state index in [1.807, 2.05) is 17.0 Å². The van der Waals surface area contributed by atoms with Gasteiger partial charge in [-0.2, -0.15) is 0 Å². The molecule has 16 heavy (non-hydrogen) atoms. The monoisotopic (exact) mass is 213 g/mol. The van der Waals surface area contributed by atoms with E-state index in [1.165, 1.54) is 16.7 Å². The fraction of sp³-hybridized carbons (Fsp3) is 0.214. The van der Waals surface area contributed by atoms with Crippen LogP contribution in [0.5, 0.6) is 0 Å². The maximum atomic E-state index is 11.0. The molecule has 0 unspecified atom stereocenters. The van der Waals surface area contributed by atoms with Crippen molar-refractivity contribution >= 4 is 0 Å². The standard InChI is InChI=1S/C14H15NO/c1-11-3-4-12(2)13(9-11)10-15-7-5-14(16)6-8-15/h3-9H,10H2,1-2H3. The van der Waals surface area contributed by atoms with Gasteiger partial charge in [-0.3, -0.25) is 4.79 Å². The van der Waals surface area contributed by atoms with Crippen LogP contribution in [0.1, 0.15) is 16.7 Å². The van der Waals surface area contributed by atoms with Gasteiger partial charge in [0.25, 0.3) is 0 Å². The first kappa shape index (κ1) is 10.7. The molecule has 1 aromatic heterocycles. The third kappa shape index (κ3) is 2.40. The molecule has 1 aromatic carbocycles. The van der Waals surface area contributed by atoms with Crippen molar-refractivity contribution in [2.75, 3.05) is 0 Å². The molecule has 2 aromatic rings. The maximum absolute atomic E-state index is 11.0. The fourth-order valence-electron chi connectivity index (χ4n) is 1.72. The summed E-state index contributed by atoms with van der Waals surface area (Å²) in [5.74, 6) is 0. The number of benzene rings is 1. The number of hydrogen-bond donors (Lipinski definition) is 0. The van der Waals surface area contributed by atoms with Gasteiger partial charge in [0.1, 0.15) is 0 Å². The second-order valence-electron chi connectivity index (χ2n) is 4.14. The lowest BCUT2D eigenvalue weighted by Gasteiger charge is -2.09. The van der Waals surface area contributed by atoms with E-state index in [-0.39, 0.29) is 5.43 Å². The Hall–Kier alpha value is -1.83. The van der Waals surface area contributed by atoms with Crippen molar-refractivity contribution in [3.63, 3.8) is 0 Å². The molecule has 1 heterocycles. The Labute approximate surface area is 95.2 Å². The highest BCUT2D eigenvalue weighted by Gasteiger charge is 1.99. The third-order valence-electron chi connectivity index (χ3n) is 2.72. The summed E-state index contributed by atoms with van der Waals surface area (Å²) in [7, 11) is 0. The molecule has 0 radical (unpaired) electrons. The number of aryl methyl sites for hydroxylation is 2. The Morgan fingerprint density at radius 3 is 2.44 bits per heavy atom. The van der Waals surface area contributed by atoms with Crippen LogP contribution in [-0.2, 0) is 6.54 Å². The normalized spacial score (nSPS) is 10.4. The zero-order chi connectivity index (χ0) is 11.5. The van der Waals surface area contributed by atoms with Crippen LogP contribution in [0.3, 0.4) is 0 Å². The lowest BCUT2D eigenvalue weighted by molar-refractivity contribution is 0.783. The van der Waals surface area contributed by atoms with E-state index in [0.29, 0.717) is 0 Å². The Morgan fingerprint density at radius 2 is 1.75 bits per heavy atom. The summed E-state index contributed by atoms with van der Waals surface area (Å²) in [6.45, 7) is 5.01. The molecule has 0 saturated heterocycles. The van der Waals surface area contributed by atoms with E-state index in [9.17, 15) is 4.79 Å². The minimum atomic E-state index is 0.0530. The van der Waals surface area contributed by atoms with Gasteiger partial charge in [-0.25, -0.2) is 0 Å². The van der Waals surface area contributed by atoms with Gasteiger partial charge >= 0.3 is 0 Å². The molecule has 0 fully saturated rings. The number of rotatable bonds is 2. The fourth-order valence-corrected chi connectivity index (χ4v) is 1.72. The average Bonchev–Trinajstić information content (AvgIpc) is 2.27. The lowest BCUT2D eigenvalue weighted by atomic mass is 10.1. The highest BCUT2D eigenvalue weighted by Crippen LogP contribution is 2.11. The van der Waals surface area contributed by atoms with Gasteiger partial charge in [0.2, 0.25) is 0 Å². The van der Waals surface area contributed by atoms with Crippen LogP contribution in [0, 0.1) is 13.8 Å². The van der Waals surface area contributed by atoms with Crippen LogP contribution in [-0.4, -0.2) is 4.57 Å². The van der Waals surface area contributed by atoms with Gasteiger partial charge in [0.05, 0.1) is 0 Å². The molecule has 0 saturated carbocycles. The Kier molecular flexibility index (Phi) is 2.91. The molecule has 82 valence electrons. The van der Waals surface area contributed by atoms with E-state index in [1.54, 1.807) is 12.1 Å². The zero-order valence-electron chi connectivity index (χ0n) is 9.60. The highest BCUT2D eigenvalue weighted by molar-refractivity contribution is 5.30. The van der Waals surface area contributed by atoms with Crippen LogP contribution >= 0.6 is 0 Å². The first-order valence-electron chi connectivity index (χ1n) is 5.37. The summed E-state index contributed by atoms with van der Waals surface area (Å²) >= 11 is 0. The summed E-state index contributed by atoms with van der Waals surface area (Å²) in [6.07, 6.45) is 3.65. The van der Waals surface area contributed by atoms with E-state index in [0.717, 1.165) is 6.54 Å². The van der Waals surface area contributed by atoms with Gasteiger partial charge in [0.15, 0.2) is 5.43 Å². The van der Waals surface area contributed by atoms with Crippen LogP contribution in [0.25, 0.3) is 0 Å². The molecular weight excluding hydrogens is 198 g/mol. The molecule has 0 aliphatic carbocycles. The molecule has 0 aliphatic rings. The first-order valence-corrected chi connectivity index (χ1v) is 5.37. The number of hydrogen-bond acceptors (Lipinski definition) is 1. The summed E-state index contributed by atoms with van der Waals surface area (Å²) in [6, 6.07) is 9.61. The summed E-state index contributed by atoms with van der Waals surface area (Å²) in [5.41, 5.74) is 3.90. The largest absolute Gasteiger partial charge is 0.350 e. The Morgan fingerprint density at radius 1 is 1.06 bits per heavy atom. The van der Waals surface area contributed by atoms with E-state index in [2.05, 4.69) is 32.0 Å². The highest BCUT2D eigenvalue weighted by atomic mass is 16.1. The van der Waals surface area contributed by atoms with Crippen LogP contribution in [0.4, 0.5) is 0 Å². The number of nitrogens with zero attached hydrogens (tertiary/aromatic N) is 1. The minimum Gasteiger partial charge on any atom is -0.350 e. The molecular formula is C14H15NO. The molecule has 0 bridgehead atoms. The van der Waals surface area contributed by atoms with Crippen molar-refractivity contribution < 1.29 is 0 Å². The average molecular weight is 213 g/mol. The van der Waals surface area contributed by atoms with Crippen molar-refractivity contribution in [3.8, 4) is 0 Å². The molecule has 0 spiro atoms. The molecule has 2 nitrogen and oxygen atoms in total. The lowest BCUT2D eigenvalue weighted by Crippen LogP contribution is -2.05. The Bertz CT molecular complexity index is 534. The van der Waals surface area contributed by atoms with Crippen molar-refractivity contribution in [2.45, 2.75) is 20.4 Å². The van der Waals surface area contributed by atoms with Crippen molar-refractivity contribution in [1.82, 2.24) is 4.57 Å². The number of aromatic nitrogens is 1. The van der Waals surface area contributed by atoms with E-state index >= 15 is 0 Å². The second kappa shape index (κ2) is 4.35. The summed E-state index contributed by atoms with van der Waals surface area (Å²) in [5, 5.41) is 0. The molecule has 0 amide bonds. The quantitative estimate of drug-likeness (QED) is 0.751. The third-order valence-corrected chi connectivity index (χ3v) is 2.72. The smallest absolute Gasteiger partial charge is 0.181 e. The first-order chi connectivity index (χ1) is 7.65. The second-order valence-corrected chi connectivity index (χ2v) is 4.14. The SMILES string of the molecule is Cc1ccc(C)c(Cn2ccc(=O)cc2)c1. The maximum Gasteiger partial charge on any atom is 0.181 e. The molecule has 0 atom stereocenters. The van der Waals surface area contributed by atoms with E-state index < -0.39 is 0 Å². The topological polar surface area (TPSA) is 22.0 Å². The van der Waals surface area contributed by atoms with Gasteiger partial charge in [0, 0.05) is 31.1 Å². The molecule has 0 aliphatic heterocycles. The van der Waals surface area contributed by atoms with Gasteiger partial charge in [-0.05, 0) is 25.0 Å². The van der Waals surface area contributed by atoms with Gasteiger partial charge in [-0.1, -0.05) is 23.8 Å². The van der Waals surface area contributed by atoms with Crippen LogP contribution < -0.4 is 5.43 Å². The summed E-state index contributed by atoms with van der Waals surface area (Å²) in [4.78, 5) is 11.0. The van der Waals surface area contributed by atoms with Crippen LogP contribution in [0.15, 0.2) is 47.5 Å². The van der Waals surface area contributed by atoms with Crippen molar-refractivity contribution in [2.24, 2.45) is 0 Å². The Balaban J connectivity index is 2.30. The van der Waals surface area contributed by atoms with Gasteiger partial charge in [-0.15, -0.1) is 0 Å². The minimum absolute atomic E-state index is 0.0530. The molecule has 2 heteroatoms. The predicted octanol–water partition coefficient (Wildman–Crippen LogP) is 2.51. The predicted molar refractivity (Wildman–Crippen MR) is 65.7 cm³/mol. The summed E-state index contributed by atoms with van der Waals surface area (Å²) < 4.78 is 2.02. The van der Waals surface area contributed by atoms with Crippen molar-refractivity contribution in [3.05, 3.63) is 69.6 Å². The molecule has 2 rings (SSSR count). The molecule has 0 N–H and O–H groups in total.